The minimum absolute atomic E-state index is 0.220. The van der Waals surface area contributed by atoms with E-state index in [4.69, 9.17) is 11.6 Å². The molecule has 98 valence electrons. The predicted molar refractivity (Wildman–Crippen MR) is 73.1 cm³/mol. The number of rotatable bonds is 2. The number of hydrogen-bond donors (Lipinski definition) is 0. The van der Waals surface area contributed by atoms with Crippen molar-refractivity contribution in [3.8, 4) is 0 Å². The van der Waals surface area contributed by atoms with Crippen LogP contribution < -0.4 is 4.90 Å². The van der Waals surface area contributed by atoms with Gasteiger partial charge < -0.3 is 4.90 Å². The molecule has 0 aliphatic heterocycles. The molecule has 0 unspecified atom stereocenters. The Morgan fingerprint density at radius 1 is 1.32 bits per heavy atom. The Morgan fingerprint density at radius 3 is 2.63 bits per heavy atom. The molecule has 2 aromatic rings. The molecule has 0 aliphatic carbocycles. The molecule has 0 radical (unpaired) electrons. The standard InChI is InChI=1S/C14H12ClFN2O/c1-9-7-10(8-13(15)17-9)14(19)18(2)12-6-4-3-5-11(12)16/h3-8H,1-2H3. The van der Waals surface area contributed by atoms with Gasteiger partial charge in [0.1, 0.15) is 11.0 Å². The lowest BCUT2D eigenvalue weighted by atomic mass is 10.2. The first kappa shape index (κ1) is 13.5. The number of hydrogen-bond acceptors (Lipinski definition) is 2. The van der Waals surface area contributed by atoms with Crippen molar-refractivity contribution < 1.29 is 9.18 Å². The summed E-state index contributed by atoms with van der Waals surface area (Å²) in [5.41, 5.74) is 1.24. The molecule has 1 amide bonds. The highest BCUT2D eigenvalue weighted by Crippen LogP contribution is 2.20. The molecular formula is C14H12ClFN2O. The van der Waals surface area contributed by atoms with Crippen LogP contribution in [0.3, 0.4) is 0 Å². The van der Waals surface area contributed by atoms with Crippen molar-refractivity contribution >= 4 is 23.2 Å². The third kappa shape index (κ3) is 2.90. The Kier molecular flexibility index (Phi) is 3.81. The minimum Gasteiger partial charge on any atom is -0.309 e. The van der Waals surface area contributed by atoms with E-state index >= 15 is 0 Å². The van der Waals surface area contributed by atoms with Crippen molar-refractivity contribution in [2.24, 2.45) is 0 Å². The number of carbonyl (C=O) groups excluding carboxylic acids is 1. The van der Waals surface area contributed by atoms with Gasteiger partial charge in [0.2, 0.25) is 0 Å². The second-order valence-electron chi connectivity index (χ2n) is 4.14. The van der Waals surface area contributed by atoms with Crippen molar-refractivity contribution in [3.63, 3.8) is 0 Å². The average Bonchev–Trinajstić information content (AvgIpc) is 2.36. The Hall–Kier alpha value is -1.94. The Bertz CT molecular complexity index is 610. The normalized spacial score (nSPS) is 10.3. The fraction of sp³-hybridized carbons (Fsp3) is 0.143. The molecule has 3 nitrogen and oxygen atoms in total. The number of para-hydroxylation sites is 1. The maximum absolute atomic E-state index is 13.6. The molecule has 1 aromatic heterocycles. The summed E-state index contributed by atoms with van der Waals surface area (Å²) in [5, 5.41) is 0.241. The zero-order chi connectivity index (χ0) is 14.0. The molecule has 1 heterocycles. The van der Waals surface area contributed by atoms with Gasteiger partial charge in [-0.25, -0.2) is 9.37 Å². The van der Waals surface area contributed by atoms with E-state index < -0.39 is 5.82 Å². The largest absolute Gasteiger partial charge is 0.309 e. The maximum Gasteiger partial charge on any atom is 0.258 e. The topological polar surface area (TPSA) is 33.2 Å². The number of benzene rings is 1. The van der Waals surface area contributed by atoms with Gasteiger partial charge in [0.25, 0.3) is 5.91 Å². The van der Waals surface area contributed by atoms with Gasteiger partial charge in [0.05, 0.1) is 5.69 Å². The van der Waals surface area contributed by atoms with Gasteiger partial charge >= 0.3 is 0 Å². The third-order valence-electron chi connectivity index (χ3n) is 2.69. The SMILES string of the molecule is Cc1cc(C(=O)N(C)c2ccccc2F)cc(Cl)n1. The monoisotopic (exact) mass is 278 g/mol. The molecule has 5 heteroatoms. The van der Waals surface area contributed by atoms with Crippen LogP contribution in [0.15, 0.2) is 36.4 Å². The lowest BCUT2D eigenvalue weighted by Crippen LogP contribution is -2.27. The number of amides is 1. The van der Waals surface area contributed by atoms with Gasteiger partial charge in [-0.05, 0) is 31.2 Å². The summed E-state index contributed by atoms with van der Waals surface area (Å²) in [6.45, 7) is 1.74. The molecule has 2 rings (SSSR count). The Balaban J connectivity index is 2.36. The van der Waals surface area contributed by atoms with Crippen LogP contribution in [0.1, 0.15) is 16.1 Å². The molecule has 0 atom stereocenters. The first-order valence-electron chi connectivity index (χ1n) is 5.66. The van der Waals surface area contributed by atoms with Crippen LogP contribution in [-0.2, 0) is 0 Å². The van der Waals surface area contributed by atoms with Crippen LogP contribution in [0, 0.1) is 12.7 Å². The molecule has 0 N–H and O–H groups in total. The fourth-order valence-corrected chi connectivity index (χ4v) is 2.03. The second kappa shape index (κ2) is 5.36. The van der Waals surface area contributed by atoms with Crippen molar-refractivity contribution in [1.82, 2.24) is 4.98 Å². The predicted octanol–water partition coefficient (Wildman–Crippen LogP) is 3.46. The molecule has 0 bridgehead atoms. The smallest absolute Gasteiger partial charge is 0.258 e. The lowest BCUT2D eigenvalue weighted by molar-refractivity contribution is 0.0992. The highest BCUT2D eigenvalue weighted by molar-refractivity contribution is 6.29. The first-order chi connectivity index (χ1) is 8.99. The number of halogens is 2. The third-order valence-corrected chi connectivity index (χ3v) is 2.88. The number of aryl methyl sites for hydroxylation is 1. The summed E-state index contributed by atoms with van der Waals surface area (Å²) in [5.74, 6) is -0.785. The Morgan fingerprint density at radius 2 is 2.00 bits per heavy atom. The summed E-state index contributed by atoms with van der Waals surface area (Å²) in [6.07, 6.45) is 0. The van der Waals surface area contributed by atoms with E-state index in [0.717, 1.165) is 0 Å². The summed E-state index contributed by atoms with van der Waals surface area (Å²) in [4.78, 5) is 17.5. The number of aromatic nitrogens is 1. The highest BCUT2D eigenvalue weighted by atomic mass is 35.5. The molecule has 19 heavy (non-hydrogen) atoms. The zero-order valence-corrected chi connectivity index (χ0v) is 11.3. The van der Waals surface area contributed by atoms with Crippen molar-refractivity contribution in [1.29, 1.82) is 0 Å². The van der Waals surface area contributed by atoms with Crippen molar-refractivity contribution in [2.75, 3.05) is 11.9 Å². The van der Waals surface area contributed by atoms with E-state index in [1.807, 2.05) is 0 Å². The van der Waals surface area contributed by atoms with Crippen LogP contribution in [0.5, 0.6) is 0 Å². The van der Waals surface area contributed by atoms with Crippen molar-refractivity contribution in [2.45, 2.75) is 6.92 Å². The highest BCUT2D eigenvalue weighted by Gasteiger charge is 2.17. The van der Waals surface area contributed by atoms with Gasteiger partial charge in [-0.3, -0.25) is 4.79 Å². The number of pyridine rings is 1. The fourth-order valence-electron chi connectivity index (χ4n) is 1.78. The second-order valence-corrected chi connectivity index (χ2v) is 4.52. The van der Waals surface area contributed by atoms with Crippen molar-refractivity contribution in [3.05, 3.63) is 58.6 Å². The number of carbonyl (C=O) groups is 1. The van der Waals surface area contributed by atoms with E-state index in [9.17, 15) is 9.18 Å². The lowest BCUT2D eigenvalue weighted by Gasteiger charge is -2.18. The average molecular weight is 279 g/mol. The molecule has 0 saturated carbocycles. The van der Waals surface area contributed by atoms with E-state index in [2.05, 4.69) is 4.98 Å². The van der Waals surface area contributed by atoms with E-state index in [1.54, 1.807) is 31.2 Å². The molecular weight excluding hydrogens is 267 g/mol. The van der Waals surface area contributed by atoms with Gasteiger partial charge in [0, 0.05) is 18.3 Å². The molecule has 0 saturated heterocycles. The Labute approximate surface area is 115 Å². The van der Waals surface area contributed by atoms with E-state index in [-0.39, 0.29) is 16.7 Å². The summed E-state index contributed by atoms with van der Waals surface area (Å²) in [6, 6.07) is 9.18. The summed E-state index contributed by atoms with van der Waals surface area (Å²) >= 11 is 5.82. The zero-order valence-electron chi connectivity index (χ0n) is 10.5. The molecule has 1 aromatic carbocycles. The minimum atomic E-state index is -0.449. The van der Waals surface area contributed by atoms with E-state index in [1.165, 1.54) is 24.1 Å². The van der Waals surface area contributed by atoms with Crippen LogP contribution in [0.2, 0.25) is 5.15 Å². The quantitative estimate of drug-likeness (QED) is 0.788. The van der Waals surface area contributed by atoms with Crippen LogP contribution in [0.4, 0.5) is 10.1 Å². The van der Waals surface area contributed by atoms with Gasteiger partial charge in [-0.15, -0.1) is 0 Å². The summed E-state index contributed by atoms with van der Waals surface area (Å²) in [7, 11) is 1.52. The van der Waals surface area contributed by atoms with Gasteiger partial charge in [-0.1, -0.05) is 23.7 Å². The van der Waals surface area contributed by atoms with Gasteiger partial charge in [0.15, 0.2) is 0 Å². The summed E-state index contributed by atoms with van der Waals surface area (Å²) < 4.78 is 13.6. The molecule has 0 spiro atoms. The van der Waals surface area contributed by atoms with Crippen LogP contribution in [0.25, 0.3) is 0 Å². The molecule has 0 fully saturated rings. The van der Waals surface area contributed by atoms with Crippen LogP contribution >= 0.6 is 11.6 Å². The first-order valence-corrected chi connectivity index (χ1v) is 6.03. The van der Waals surface area contributed by atoms with E-state index in [0.29, 0.717) is 11.3 Å². The molecule has 0 aliphatic rings. The number of nitrogens with zero attached hydrogens (tertiary/aromatic N) is 2. The number of anilines is 1. The maximum atomic E-state index is 13.6. The van der Waals surface area contributed by atoms with Crippen LogP contribution in [-0.4, -0.2) is 17.9 Å². The van der Waals surface area contributed by atoms with Gasteiger partial charge in [-0.2, -0.15) is 0 Å².